The number of benzene rings is 2. The van der Waals surface area contributed by atoms with Gasteiger partial charge >= 0.3 is 0 Å². The van der Waals surface area contributed by atoms with Crippen LogP contribution >= 0.6 is 12.2 Å². The predicted molar refractivity (Wildman–Crippen MR) is 136 cm³/mol. The fourth-order valence-corrected chi connectivity index (χ4v) is 4.45. The summed E-state index contributed by atoms with van der Waals surface area (Å²) in [7, 11) is 3.36. The third-order valence-electron chi connectivity index (χ3n) is 6.03. The lowest BCUT2D eigenvalue weighted by molar-refractivity contribution is 0.188. The number of allylic oxidation sites excluding steroid dienone is 1. The predicted octanol–water partition coefficient (Wildman–Crippen LogP) is 5.01. The highest BCUT2D eigenvalue weighted by Crippen LogP contribution is 2.38. The average Bonchev–Trinajstić information content (AvgIpc) is 3.35. The van der Waals surface area contributed by atoms with E-state index in [1.54, 1.807) is 14.2 Å². The molecule has 34 heavy (non-hydrogen) atoms. The molecular weight excluding hydrogens is 448 g/mol. The smallest absolute Gasteiger partial charge is 0.258 e. The monoisotopic (exact) mass is 478 g/mol. The molecule has 0 saturated carbocycles. The number of thiocarbonyl (C=S) groups is 1. The summed E-state index contributed by atoms with van der Waals surface area (Å²) in [5.41, 5.74) is 5.05. The molecular formula is C26H30N4O3S. The van der Waals surface area contributed by atoms with E-state index in [1.807, 2.05) is 43.3 Å². The first-order valence-corrected chi connectivity index (χ1v) is 11.8. The van der Waals surface area contributed by atoms with Crippen molar-refractivity contribution in [3.8, 4) is 17.1 Å². The van der Waals surface area contributed by atoms with E-state index in [1.165, 1.54) is 5.56 Å². The fourth-order valence-electron chi connectivity index (χ4n) is 4.11. The third-order valence-corrected chi connectivity index (χ3v) is 6.37. The van der Waals surface area contributed by atoms with Crippen LogP contribution in [0.25, 0.3) is 17.0 Å². The first kappa shape index (κ1) is 23.9. The molecule has 2 heterocycles. The van der Waals surface area contributed by atoms with Crippen LogP contribution in [0, 0.1) is 0 Å². The molecule has 7 nitrogen and oxygen atoms in total. The number of hydrogen-bond donors (Lipinski definition) is 1. The number of nitrogens with one attached hydrogen (secondary N) is 1. The van der Waals surface area contributed by atoms with Crippen molar-refractivity contribution < 1.29 is 14.0 Å². The van der Waals surface area contributed by atoms with Gasteiger partial charge < -0.3 is 24.2 Å². The van der Waals surface area contributed by atoms with Gasteiger partial charge in [-0.3, -0.25) is 0 Å². The summed E-state index contributed by atoms with van der Waals surface area (Å²) in [4.78, 5) is 6.85. The molecule has 0 aliphatic carbocycles. The normalized spacial score (nSPS) is 16.1. The van der Waals surface area contributed by atoms with Gasteiger partial charge in [-0.15, -0.1) is 0 Å². The van der Waals surface area contributed by atoms with E-state index in [-0.39, 0.29) is 6.04 Å². The molecule has 1 aliphatic rings. The Morgan fingerprint density at radius 1 is 1.15 bits per heavy atom. The zero-order valence-corrected chi connectivity index (χ0v) is 20.8. The van der Waals surface area contributed by atoms with Gasteiger partial charge in [0.25, 0.3) is 5.89 Å². The summed E-state index contributed by atoms with van der Waals surface area (Å²) in [6.45, 7) is 5.55. The van der Waals surface area contributed by atoms with E-state index >= 15 is 0 Å². The lowest BCUT2D eigenvalue weighted by Gasteiger charge is -2.37. The molecule has 3 aromatic rings. The Balaban J connectivity index is 1.76. The van der Waals surface area contributed by atoms with Gasteiger partial charge in [0.2, 0.25) is 5.82 Å². The second kappa shape index (κ2) is 10.8. The molecule has 178 valence electrons. The standard InChI is InChI=1S/C26H30N4O3S/c1-5-18-10-12-19(13-11-18)24-28-25(33-29-24)22-17(2)30(14-7-15-31-3)26(34)27-23(22)20-8-6-9-21(16-20)32-4/h6,8-13,16,23H,5,7,14-15H2,1-4H3,(H,27,34). The van der Waals surface area contributed by atoms with E-state index in [0.29, 0.717) is 23.4 Å². The first-order valence-electron chi connectivity index (χ1n) is 11.4. The van der Waals surface area contributed by atoms with Crippen LogP contribution in [0.5, 0.6) is 5.75 Å². The van der Waals surface area contributed by atoms with Crippen LogP contribution in [0.2, 0.25) is 0 Å². The zero-order valence-electron chi connectivity index (χ0n) is 20.0. The molecule has 4 rings (SSSR count). The maximum absolute atomic E-state index is 5.82. The van der Waals surface area contributed by atoms with Crippen molar-refractivity contribution in [2.24, 2.45) is 0 Å². The maximum Gasteiger partial charge on any atom is 0.258 e. The van der Waals surface area contributed by atoms with Crippen molar-refractivity contribution in [2.45, 2.75) is 32.7 Å². The van der Waals surface area contributed by atoms with Gasteiger partial charge in [-0.1, -0.05) is 48.5 Å². The lowest BCUT2D eigenvalue weighted by Crippen LogP contribution is -2.46. The number of nitrogens with zero attached hydrogens (tertiary/aromatic N) is 3. The Hall–Kier alpha value is -3.23. The number of ether oxygens (including phenoxy) is 2. The van der Waals surface area contributed by atoms with Gasteiger partial charge in [0.05, 0.1) is 18.7 Å². The molecule has 1 aliphatic heterocycles. The van der Waals surface area contributed by atoms with Crippen molar-refractivity contribution in [1.29, 1.82) is 0 Å². The highest BCUT2D eigenvalue weighted by atomic mass is 32.1. The Morgan fingerprint density at radius 3 is 2.65 bits per heavy atom. The minimum atomic E-state index is -0.253. The number of rotatable bonds is 9. The Labute approximate surface area is 205 Å². The molecule has 0 amide bonds. The minimum Gasteiger partial charge on any atom is -0.497 e. The Bertz CT molecular complexity index is 1170. The second-order valence-electron chi connectivity index (χ2n) is 8.13. The van der Waals surface area contributed by atoms with Crippen molar-refractivity contribution in [1.82, 2.24) is 20.4 Å². The van der Waals surface area contributed by atoms with Gasteiger partial charge in [-0.2, -0.15) is 4.98 Å². The Kier molecular flexibility index (Phi) is 7.59. The van der Waals surface area contributed by atoms with Crippen LogP contribution in [0.15, 0.2) is 58.8 Å². The molecule has 0 radical (unpaired) electrons. The highest BCUT2D eigenvalue weighted by molar-refractivity contribution is 7.80. The quantitative estimate of drug-likeness (QED) is 0.340. The largest absolute Gasteiger partial charge is 0.497 e. The number of methoxy groups -OCH3 is 2. The summed E-state index contributed by atoms with van der Waals surface area (Å²) in [6, 6.07) is 15.9. The summed E-state index contributed by atoms with van der Waals surface area (Å²) in [5, 5.41) is 8.42. The summed E-state index contributed by atoms with van der Waals surface area (Å²) < 4.78 is 16.5. The number of aryl methyl sites for hydroxylation is 1. The van der Waals surface area contributed by atoms with Crippen LogP contribution in [0.4, 0.5) is 0 Å². The number of hydrogen-bond acceptors (Lipinski definition) is 6. The molecule has 0 spiro atoms. The molecule has 1 N–H and O–H groups in total. The lowest BCUT2D eigenvalue weighted by atomic mass is 9.94. The van der Waals surface area contributed by atoms with Gasteiger partial charge in [-0.25, -0.2) is 0 Å². The topological polar surface area (TPSA) is 72.7 Å². The molecule has 1 atom stereocenters. The minimum absolute atomic E-state index is 0.253. The van der Waals surface area contributed by atoms with Gasteiger partial charge in [-0.05, 0) is 55.2 Å². The SMILES string of the molecule is CCc1ccc(-c2noc(C3=C(C)N(CCCOC)C(=S)NC3c3cccc(OC)c3)n2)cc1. The van der Waals surface area contributed by atoms with Crippen molar-refractivity contribution in [3.05, 3.63) is 71.2 Å². The van der Waals surface area contributed by atoms with Crippen LogP contribution in [0.1, 0.15) is 43.3 Å². The molecule has 1 aromatic heterocycles. The maximum atomic E-state index is 5.82. The molecule has 1 unspecified atom stereocenters. The second-order valence-corrected chi connectivity index (χ2v) is 8.52. The first-order chi connectivity index (χ1) is 16.5. The van der Waals surface area contributed by atoms with Crippen molar-refractivity contribution in [2.75, 3.05) is 27.4 Å². The van der Waals surface area contributed by atoms with Crippen LogP contribution in [0.3, 0.4) is 0 Å². The highest BCUT2D eigenvalue weighted by Gasteiger charge is 2.34. The van der Waals surface area contributed by atoms with E-state index in [2.05, 4.69) is 34.4 Å². The fraction of sp³-hybridized carbons (Fsp3) is 0.346. The summed E-state index contributed by atoms with van der Waals surface area (Å²) >= 11 is 5.74. The zero-order chi connectivity index (χ0) is 24.1. The van der Waals surface area contributed by atoms with E-state index in [0.717, 1.165) is 47.5 Å². The number of aromatic nitrogens is 2. The average molecular weight is 479 g/mol. The molecule has 2 aromatic carbocycles. The van der Waals surface area contributed by atoms with E-state index in [9.17, 15) is 0 Å². The third kappa shape index (κ3) is 4.98. The van der Waals surface area contributed by atoms with E-state index < -0.39 is 0 Å². The molecule has 8 heteroatoms. The molecule has 0 fully saturated rings. The van der Waals surface area contributed by atoms with Crippen LogP contribution in [-0.2, 0) is 11.2 Å². The molecule has 0 saturated heterocycles. The van der Waals surface area contributed by atoms with Crippen LogP contribution < -0.4 is 10.1 Å². The van der Waals surface area contributed by atoms with E-state index in [4.69, 9.17) is 31.2 Å². The summed E-state index contributed by atoms with van der Waals surface area (Å²) in [5.74, 6) is 1.79. The van der Waals surface area contributed by atoms with Gasteiger partial charge in [0.1, 0.15) is 5.75 Å². The van der Waals surface area contributed by atoms with Crippen molar-refractivity contribution >= 4 is 22.9 Å². The summed E-state index contributed by atoms with van der Waals surface area (Å²) in [6.07, 6.45) is 1.82. The van der Waals surface area contributed by atoms with Crippen LogP contribution in [-0.4, -0.2) is 47.5 Å². The van der Waals surface area contributed by atoms with Gasteiger partial charge in [0.15, 0.2) is 5.11 Å². The van der Waals surface area contributed by atoms with Gasteiger partial charge in [0, 0.05) is 31.5 Å². The van der Waals surface area contributed by atoms with Crippen molar-refractivity contribution in [3.63, 3.8) is 0 Å². The molecule has 0 bridgehead atoms. The Morgan fingerprint density at radius 2 is 1.94 bits per heavy atom.